The largest absolute Gasteiger partial charge is 0.478 e. The molecule has 192 valence electrons. The van der Waals surface area contributed by atoms with Gasteiger partial charge >= 0.3 is 12.1 Å². The van der Waals surface area contributed by atoms with Crippen molar-refractivity contribution in [1.82, 2.24) is 0 Å². The number of fused-ring (bicyclic) bond motifs is 2. The highest BCUT2D eigenvalue weighted by molar-refractivity contribution is 5.94. The van der Waals surface area contributed by atoms with Crippen LogP contribution in [0.5, 0.6) is 0 Å². The molecule has 1 unspecified atom stereocenters. The fourth-order valence-electron chi connectivity index (χ4n) is 4.64. The van der Waals surface area contributed by atoms with E-state index in [2.05, 4.69) is 11.4 Å². The van der Waals surface area contributed by atoms with Crippen molar-refractivity contribution in [2.24, 2.45) is 0 Å². The van der Waals surface area contributed by atoms with Crippen molar-refractivity contribution in [1.29, 1.82) is 5.26 Å². The second-order valence-corrected chi connectivity index (χ2v) is 9.06. The van der Waals surface area contributed by atoms with Gasteiger partial charge in [-0.15, -0.1) is 0 Å². The molecule has 0 saturated carbocycles. The second kappa shape index (κ2) is 9.27. The lowest BCUT2D eigenvalue weighted by Gasteiger charge is -2.22. The smallest absolute Gasteiger partial charge is 0.416 e. The fourth-order valence-corrected chi connectivity index (χ4v) is 4.64. The van der Waals surface area contributed by atoms with Gasteiger partial charge in [0, 0.05) is 30.4 Å². The van der Waals surface area contributed by atoms with Crippen LogP contribution in [0.3, 0.4) is 0 Å². The molecule has 0 fully saturated rings. The summed E-state index contributed by atoms with van der Waals surface area (Å²) in [5, 5.41) is 21.4. The zero-order chi connectivity index (χ0) is 27.2. The lowest BCUT2D eigenvalue weighted by molar-refractivity contribution is -0.137. The van der Waals surface area contributed by atoms with Crippen LogP contribution in [0, 0.1) is 11.3 Å². The first-order valence-electron chi connectivity index (χ1n) is 11.6. The molecule has 0 aliphatic carbocycles. The van der Waals surface area contributed by atoms with Crippen molar-refractivity contribution in [3.8, 4) is 6.07 Å². The molecular formula is C28H20F3N3O4. The van der Waals surface area contributed by atoms with Gasteiger partial charge < -0.3 is 19.7 Å². The number of nitrogens with zero attached hydrogens (tertiary/aromatic N) is 2. The predicted octanol–water partition coefficient (Wildman–Crippen LogP) is 6.07. The number of rotatable bonds is 5. The third-order valence-corrected chi connectivity index (χ3v) is 6.54. The number of alkyl halides is 3. The highest BCUT2D eigenvalue weighted by atomic mass is 19.4. The molecule has 2 heterocycles. The number of para-hydroxylation sites is 1. The first kappa shape index (κ1) is 24.9. The highest BCUT2D eigenvalue weighted by Gasteiger charge is 2.33. The van der Waals surface area contributed by atoms with Crippen molar-refractivity contribution in [2.75, 3.05) is 10.2 Å². The molecule has 7 nitrogen and oxygen atoms in total. The number of benzene rings is 3. The molecule has 10 heteroatoms. The molecule has 1 aromatic heterocycles. The number of anilines is 2. The third kappa shape index (κ3) is 4.54. The number of aromatic carboxylic acids is 1. The molecule has 0 bridgehead atoms. The number of hydrogen-bond acceptors (Lipinski definition) is 6. The van der Waals surface area contributed by atoms with Crippen LogP contribution in [-0.4, -0.2) is 11.1 Å². The lowest BCUT2D eigenvalue weighted by Crippen LogP contribution is -2.18. The highest BCUT2D eigenvalue weighted by Crippen LogP contribution is 2.37. The summed E-state index contributed by atoms with van der Waals surface area (Å²) in [5.74, 6) is -1.02. The summed E-state index contributed by atoms with van der Waals surface area (Å²) in [5.41, 5.74) is 0.857. The van der Waals surface area contributed by atoms with Crippen molar-refractivity contribution in [2.45, 2.75) is 32.2 Å². The Kier molecular flexibility index (Phi) is 6.07. The van der Waals surface area contributed by atoms with E-state index in [4.69, 9.17) is 4.42 Å². The van der Waals surface area contributed by atoms with E-state index < -0.39 is 29.2 Å². The zero-order valence-electron chi connectivity index (χ0n) is 20.0. The maximum absolute atomic E-state index is 13.8. The second-order valence-electron chi connectivity index (χ2n) is 9.06. The number of carbonyl (C=O) groups is 1. The van der Waals surface area contributed by atoms with Crippen molar-refractivity contribution >= 4 is 28.5 Å². The molecule has 1 aliphatic rings. The Morgan fingerprint density at radius 2 is 1.84 bits per heavy atom. The van der Waals surface area contributed by atoms with Crippen molar-refractivity contribution < 1.29 is 27.5 Å². The van der Waals surface area contributed by atoms with Gasteiger partial charge in [-0.1, -0.05) is 18.2 Å². The van der Waals surface area contributed by atoms with Crippen LogP contribution in [0.15, 0.2) is 69.9 Å². The molecule has 0 radical (unpaired) electrons. The molecule has 1 aliphatic heterocycles. The first-order chi connectivity index (χ1) is 18.0. The van der Waals surface area contributed by atoms with Gasteiger partial charge in [-0.25, -0.2) is 4.79 Å². The van der Waals surface area contributed by atoms with Gasteiger partial charge in [-0.3, -0.25) is 4.79 Å². The van der Waals surface area contributed by atoms with Gasteiger partial charge in [0.05, 0.1) is 34.2 Å². The van der Waals surface area contributed by atoms with E-state index in [1.54, 1.807) is 30.0 Å². The summed E-state index contributed by atoms with van der Waals surface area (Å²) in [4.78, 5) is 26.5. The Morgan fingerprint density at radius 3 is 2.55 bits per heavy atom. The first-order valence-corrected chi connectivity index (χ1v) is 11.6. The average molecular weight is 519 g/mol. The fraction of sp³-hybridized carbons (Fsp3) is 0.179. The quantitative estimate of drug-likeness (QED) is 0.329. The molecule has 3 aromatic carbocycles. The van der Waals surface area contributed by atoms with E-state index in [1.165, 1.54) is 24.3 Å². The summed E-state index contributed by atoms with van der Waals surface area (Å²) in [6.45, 7) is 2.32. The SMILES string of the molecule is CC(Nc1ccccc1C(=O)O)c1cc(C(F)(F)F)cc2c(=O)cc(N3Cc4ccc(C#N)cc4C3)oc12. The van der Waals surface area contributed by atoms with Crippen molar-refractivity contribution in [3.05, 3.63) is 104 Å². The Bertz CT molecular complexity index is 1690. The number of nitriles is 1. The van der Waals surface area contributed by atoms with E-state index in [0.717, 1.165) is 23.3 Å². The average Bonchev–Trinajstić information content (AvgIpc) is 3.31. The summed E-state index contributed by atoms with van der Waals surface area (Å²) in [6, 6.07) is 15.4. The van der Waals surface area contributed by atoms with Gasteiger partial charge in [-0.05, 0) is 54.4 Å². The van der Waals surface area contributed by atoms with Gasteiger partial charge in [0.25, 0.3) is 0 Å². The molecule has 38 heavy (non-hydrogen) atoms. The van der Waals surface area contributed by atoms with E-state index in [0.29, 0.717) is 18.7 Å². The standard InChI is InChI=1S/C28H20F3N3O4/c1-15(33-23-5-3-2-4-20(23)27(36)37)21-9-19(28(29,30)31)10-22-24(35)11-25(38-26(21)22)34-13-17-7-6-16(12-32)8-18(17)14-34/h2-11,15,33H,13-14H2,1H3,(H,36,37). The monoisotopic (exact) mass is 519 g/mol. The number of nitrogens with one attached hydrogen (secondary N) is 1. The van der Waals surface area contributed by atoms with Crippen LogP contribution in [0.2, 0.25) is 0 Å². The molecule has 2 N–H and O–H groups in total. The minimum atomic E-state index is -4.72. The summed E-state index contributed by atoms with van der Waals surface area (Å²) in [7, 11) is 0. The van der Waals surface area contributed by atoms with E-state index in [-0.39, 0.29) is 33.7 Å². The number of halogens is 3. The number of carboxylic acid groups (broad SMARTS) is 1. The topological polar surface area (TPSA) is 107 Å². The minimum absolute atomic E-state index is 0.0259. The maximum Gasteiger partial charge on any atom is 0.416 e. The van der Waals surface area contributed by atoms with Crippen LogP contribution >= 0.6 is 0 Å². The van der Waals surface area contributed by atoms with Gasteiger partial charge in [0.2, 0.25) is 5.88 Å². The minimum Gasteiger partial charge on any atom is -0.478 e. The normalized spacial score (nSPS) is 13.7. The van der Waals surface area contributed by atoms with Gasteiger partial charge in [0.1, 0.15) is 5.58 Å². The Morgan fingerprint density at radius 1 is 1.11 bits per heavy atom. The van der Waals surface area contributed by atoms with Crippen LogP contribution in [-0.2, 0) is 19.3 Å². The van der Waals surface area contributed by atoms with E-state index in [9.17, 15) is 33.1 Å². The third-order valence-electron chi connectivity index (χ3n) is 6.54. The van der Waals surface area contributed by atoms with Crippen LogP contribution in [0.1, 0.15) is 51.1 Å². The predicted molar refractivity (Wildman–Crippen MR) is 134 cm³/mol. The van der Waals surface area contributed by atoms with Gasteiger partial charge in [0.15, 0.2) is 5.43 Å². The van der Waals surface area contributed by atoms with Crippen LogP contribution in [0.4, 0.5) is 24.7 Å². The molecule has 0 saturated heterocycles. The molecule has 4 aromatic rings. The zero-order valence-corrected chi connectivity index (χ0v) is 20.0. The molecule has 0 spiro atoms. The molecular weight excluding hydrogens is 499 g/mol. The Balaban J connectivity index is 1.61. The van der Waals surface area contributed by atoms with E-state index in [1.807, 2.05) is 6.07 Å². The van der Waals surface area contributed by atoms with Crippen LogP contribution in [0.25, 0.3) is 11.0 Å². The summed E-state index contributed by atoms with van der Waals surface area (Å²) >= 11 is 0. The maximum atomic E-state index is 13.8. The van der Waals surface area contributed by atoms with Crippen LogP contribution < -0.4 is 15.6 Å². The van der Waals surface area contributed by atoms with E-state index >= 15 is 0 Å². The van der Waals surface area contributed by atoms with Gasteiger partial charge in [-0.2, -0.15) is 18.4 Å². The number of carboxylic acids is 1. The Labute approximate surface area is 214 Å². The summed E-state index contributed by atoms with van der Waals surface area (Å²) in [6.07, 6.45) is -4.72. The molecule has 1 atom stereocenters. The Hall–Kier alpha value is -4.78. The summed E-state index contributed by atoms with van der Waals surface area (Å²) < 4.78 is 47.4. The lowest BCUT2D eigenvalue weighted by atomic mass is 10.00. The van der Waals surface area contributed by atoms with Crippen molar-refractivity contribution in [3.63, 3.8) is 0 Å². The molecule has 5 rings (SSSR count). The number of hydrogen-bond donors (Lipinski definition) is 2. The molecule has 0 amide bonds.